The molecule has 0 unspecified atom stereocenters. The van der Waals surface area contributed by atoms with Gasteiger partial charge in [0, 0.05) is 37.6 Å². The molecule has 1 aliphatic rings. The van der Waals surface area contributed by atoms with Crippen LogP contribution in [0, 0.1) is 0 Å². The monoisotopic (exact) mass is 518 g/mol. The van der Waals surface area contributed by atoms with Crippen LogP contribution in [-0.4, -0.2) is 34.5 Å². The molecule has 158 valence electrons. The first kappa shape index (κ1) is 23.0. The van der Waals surface area contributed by atoms with E-state index < -0.39 is 6.55 Å². The largest absolute Gasteiger partial charge is 0.357 e. The van der Waals surface area contributed by atoms with E-state index in [-0.39, 0.29) is 42.3 Å². The van der Waals surface area contributed by atoms with Gasteiger partial charge >= 0.3 is 6.55 Å². The minimum absolute atomic E-state index is 0. The summed E-state index contributed by atoms with van der Waals surface area (Å²) in [7, 11) is 0. The highest BCUT2D eigenvalue weighted by Crippen LogP contribution is 2.21. The zero-order valence-electron chi connectivity index (χ0n) is 16.1. The zero-order chi connectivity index (χ0) is 19.9. The molecule has 1 saturated heterocycles. The molecule has 10 heteroatoms. The van der Waals surface area contributed by atoms with Gasteiger partial charge in [-0.25, -0.2) is 9.98 Å². The van der Waals surface area contributed by atoms with Crippen molar-refractivity contribution in [3.63, 3.8) is 0 Å². The van der Waals surface area contributed by atoms with Crippen molar-refractivity contribution >= 4 is 41.5 Å². The number of alkyl halides is 2. The van der Waals surface area contributed by atoms with Gasteiger partial charge in [0.1, 0.15) is 5.82 Å². The van der Waals surface area contributed by atoms with Crippen molar-refractivity contribution in [2.24, 2.45) is 4.99 Å². The molecule has 0 bridgehead atoms. The molecule has 0 spiro atoms. The molecular formula is C19H25F2IN6O. The van der Waals surface area contributed by atoms with Crippen LogP contribution in [0.1, 0.15) is 37.7 Å². The Hall–Kier alpha value is -2.24. The first-order valence-electron chi connectivity index (χ1n) is 9.30. The molecule has 0 radical (unpaired) electrons. The van der Waals surface area contributed by atoms with E-state index in [9.17, 15) is 13.6 Å². The summed E-state index contributed by atoms with van der Waals surface area (Å²) in [6.45, 7) is 1.27. The Morgan fingerprint density at radius 2 is 2.03 bits per heavy atom. The van der Waals surface area contributed by atoms with E-state index in [2.05, 4.69) is 20.6 Å². The Kier molecular flexibility index (Phi) is 8.80. The third-order valence-electron chi connectivity index (χ3n) is 4.46. The number of rotatable bonds is 7. The minimum atomic E-state index is -2.63. The SMILES string of the molecule is CCNC(=NCc1ccc(N2CCCC2=O)cc1)NCc1nccn1C(F)F.I. The fraction of sp³-hybridized carbons (Fsp3) is 0.421. The van der Waals surface area contributed by atoms with Crippen LogP contribution in [0.5, 0.6) is 0 Å². The first-order chi connectivity index (χ1) is 13.6. The molecule has 7 nitrogen and oxygen atoms in total. The number of halogens is 3. The number of nitrogens with one attached hydrogen (secondary N) is 2. The summed E-state index contributed by atoms with van der Waals surface area (Å²) >= 11 is 0. The maximum Gasteiger partial charge on any atom is 0.319 e. The fourth-order valence-electron chi connectivity index (χ4n) is 3.04. The summed E-state index contributed by atoms with van der Waals surface area (Å²) in [5.41, 5.74) is 1.89. The standard InChI is InChI=1S/C19H24F2N6O.HI/c1-2-22-19(25-13-16-23-9-11-27(16)18(20)21)24-12-14-5-7-15(8-6-14)26-10-3-4-17(26)28;/h5-9,11,18H,2-4,10,12-13H2,1H3,(H2,22,24,25);1H. The lowest BCUT2D eigenvalue weighted by Gasteiger charge is -2.16. The molecule has 2 heterocycles. The second-order valence-electron chi connectivity index (χ2n) is 6.39. The van der Waals surface area contributed by atoms with E-state index in [4.69, 9.17) is 0 Å². The van der Waals surface area contributed by atoms with E-state index in [1.165, 1.54) is 12.4 Å². The maximum absolute atomic E-state index is 12.9. The maximum atomic E-state index is 12.9. The van der Waals surface area contributed by atoms with Crippen molar-refractivity contribution in [2.45, 2.75) is 39.4 Å². The van der Waals surface area contributed by atoms with Crippen LogP contribution < -0.4 is 15.5 Å². The Labute approximate surface area is 185 Å². The second-order valence-corrected chi connectivity index (χ2v) is 6.39. The first-order valence-corrected chi connectivity index (χ1v) is 9.30. The normalized spacial score (nSPS) is 14.3. The summed E-state index contributed by atoms with van der Waals surface area (Å²) in [6.07, 6.45) is 4.10. The van der Waals surface area contributed by atoms with E-state index in [0.717, 1.165) is 28.8 Å². The third kappa shape index (κ3) is 6.12. The van der Waals surface area contributed by atoms with Crippen LogP contribution in [0.15, 0.2) is 41.7 Å². The molecule has 0 saturated carbocycles. The highest BCUT2D eigenvalue weighted by atomic mass is 127. The molecule has 1 aliphatic heterocycles. The van der Waals surface area contributed by atoms with Crippen LogP contribution >= 0.6 is 24.0 Å². The summed E-state index contributed by atoms with van der Waals surface area (Å²) in [5, 5.41) is 6.11. The highest BCUT2D eigenvalue weighted by Gasteiger charge is 2.21. The summed E-state index contributed by atoms with van der Waals surface area (Å²) in [4.78, 5) is 22.0. The molecule has 2 aromatic rings. The number of amides is 1. The van der Waals surface area contributed by atoms with Gasteiger partial charge < -0.3 is 15.5 Å². The highest BCUT2D eigenvalue weighted by molar-refractivity contribution is 14.0. The predicted molar refractivity (Wildman–Crippen MR) is 119 cm³/mol. The van der Waals surface area contributed by atoms with E-state index >= 15 is 0 Å². The minimum Gasteiger partial charge on any atom is -0.357 e. The van der Waals surface area contributed by atoms with Gasteiger partial charge in [-0.2, -0.15) is 8.78 Å². The molecule has 0 atom stereocenters. The second kappa shape index (κ2) is 11.1. The van der Waals surface area contributed by atoms with Gasteiger partial charge in [0.15, 0.2) is 5.96 Å². The van der Waals surface area contributed by atoms with Gasteiger partial charge in [-0.1, -0.05) is 12.1 Å². The number of benzene rings is 1. The number of carbonyl (C=O) groups excluding carboxylic acids is 1. The van der Waals surface area contributed by atoms with Gasteiger partial charge in [0.25, 0.3) is 0 Å². The number of hydrogen-bond acceptors (Lipinski definition) is 3. The number of imidazole rings is 1. The molecule has 1 fully saturated rings. The Morgan fingerprint density at radius 3 is 2.66 bits per heavy atom. The summed E-state index contributed by atoms with van der Waals surface area (Å²) in [5.74, 6) is 0.914. The fourth-order valence-corrected chi connectivity index (χ4v) is 3.04. The smallest absolute Gasteiger partial charge is 0.319 e. The molecule has 3 rings (SSSR count). The van der Waals surface area contributed by atoms with Gasteiger partial charge in [-0.15, -0.1) is 24.0 Å². The van der Waals surface area contributed by atoms with Crippen molar-refractivity contribution in [1.82, 2.24) is 20.2 Å². The van der Waals surface area contributed by atoms with Crippen molar-refractivity contribution in [3.8, 4) is 0 Å². The molecule has 29 heavy (non-hydrogen) atoms. The number of guanidine groups is 1. The quantitative estimate of drug-likeness (QED) is 0.335. The van der Waals surface area contributed by atoms with Crippen molar-refractivity contribution in [3.05, 3.63) is 48.0 Å². The summed E-state index contributed by atoms with van der Waals surface area (Å²) in [6, 6.07) is 7.73. The third-order valence-corrected chi connectivity index (χ3v) is 4.46. The Balaban J connectivity index is 0.00000300. The molecule has 0 aliphatic carbocycles. The van der Waals surface area contributed by atoms with E-state index in [1.54, 1.807) is 4.90 Å². The Bertz CT molecular complexity index is 824. The van der Waals surface area contributed by atoms with Crippen LogP contribution in [0.3, 0.4) is 0 Å². The molecular weight excluding hydrogens is 493 g/mol. The molecule has 1 aromatic carbocycles. The van der Waals surface area contributed by atoms with Crippen molar-refractivity contribution < 1.29 is 13.6 Å². The number of nitrogens with zero attached hydrogens (tertiary/aromatic N) is 4. The van der Waals surface area contributed by atoms with Crippen molar-refractivity contribution in [2.75, 3.05) is 18.0 Å². The van der Waals surface area contributed by atoms with Crippen LogP contribution in [-0.2, 0) is 17.9 Å². The van der Waals surface area contributed by atoms with Gasteiger partial charge in [0.05, 0.1) is 13.1 Å². The molecule has 1 aromatic heterocycles. The van der Waals surface area contributed by atoms with E-state index in [0.29, 0.717) is 25.5 Å². The van der Waals surface area contributed by atoms with E-state index in [1.807, 2.05) is 31.2 Å². The number of aliphatic imine (C=N–C) groups is 1. The number of anilines is 1. The number of hydrogen-bond donors (Lipinski definition) is 2. The molecule has 2 N–H and O–H groups in total. The lowest BCUT2D eigenvalue weighted by Crippen LogP contribution is -2.37. The van der Waals surface area contributed by atoms with Crippen molar-refractivity contribution in [1.29, 1.82) is 0 Å². The zero-order valence-corrected chi connectivity index (χ0v) is 18.5. The van der Waals surface area contributed by atoms with Gasteiger partial charge in [-0.3, -0.25) is 9.36 Å². The van der Waals surface area contributed by atoms with Crippen LogP contribution in [0.2, 0.25) is 0 Å². The number of aromatic nitrogens is 2. The van der Waals surface area contributed by atoms with Gasteiger partial charge in [-0.05, 0) is 31.0 Å². The topological polar surface area (TPSA) is 74.6 Å². The van der Waals surface area contributed by atoms with Gasteiger partial charge in [0.2, 0.25) is 5.91 Å². The lowest BCUT2D eigenvalue weighted by molar-refractivity contribution is -0.117. The Morgan fingerprint density at radius 1 is 1.28 bits per heavy atom. The molecule has 1 amide bonds. The average molecular weight is 518 g/mol. The van der Waals surface area contributed by atoms with Crippen LogP contribution in [0.4, 0.5) is 14.5 Å². The van der Waals surface area contributed by atoms with Crippen LogP contribution in [0.25, 0.3) is 0 Å². The average Bonchev–Trinajstić information content (AvgIpc) is 3.33. The predicted octanol–water partition coefficient (Wildman–Crippen LogP) is 3.28. The summed E-state index contributed by atoms with van der Waals surface area (Å²) < 4.78 is 26.6. The lowest BCUT2D eigenvalue weighted by atomic mass is 10.2. The number of carbonyl (C=O) groups is 1.